The Balaban J connectivity index is 2.01. The van der Waals surface area contributed by atoms with E-state index >= 15 is 0 Å². The van der Waals surface area contributed by atoms with Gasteiger partial charge in [-0.1, -0.05) is 6.07 Å². The summed E-state index contributed by atoms with van der Waals surface area (Å²) in [6.45, 7) is 2.92. The smallest absolute Gasteiger partial charge is 0.165 e. The van der Waals surface area contributed by atoms with Crippen LogP contribution in [0.25, 0.3) is 0 Å². The minimum absolute atomic E-state index is 0.288. The van der Waals surface area contributed by atoms with Crippen LogP contribution in [0.1, 0.15) is 5.56 Å². The van der Waals surface area contributed by atoms with Crippen LogP contribution >= 0.6 is 0 Å². The van der Waals surface area contributed by atoms with Crippen LogP contribution in [0.4, 0.5) is 4.39 Å². The molecule has 1 heterocycles. The van der Waals surface area contributed by atoms with Crippen molar-refractivity contribution in [2.24, 2.45) is 0 Å². The third kappa shape index (κ3) is 2.71. The van der Waals surface area contributed by atoms with Crippen molar-refractivity contribution in [1.82, 2.24) is 10.6 Å². The SMILES string of the molecule is COc1ccc(C[C@@H]2CNCCN2)cc1F. The van der Waals surface area contributed by atoms with Gasteiger partial charge < -0.3 is 15.4 Å². The molecule has 2 rings (SSSR count). The molecule has 16 heavy (non-hydrogen) atoms. The highest BCUT2D eigenvalue weighted by Gasteiger charge is 2.13. The number of methoxy groups -OCH3 is 1. The Morgan fingerprint density at radius 1 is 1.44 bits per heavy atom. The molecule has 88 valence electrons. The highest BCUT2D eigenvalue weighted by Crippen LogP contribution is 2.18. The summed E-state index contributed by atoms with van der Waals surface area (Å²) in [5.41, 5.74) is 1.000. The number of rotatable bonds is 3. The summed E-state index contributed by atoms with van der Waals surface area (Å²) in [5, 5.41) is 6.71. The molecule has 1 fully saturated rings. The molecule has 1 aromatic rings. The Kier molecular flexibility index (Phi) is 3.74. The third-order valence-corrected chi connectivity index (χ3v) is 2.82. The molecule has 0 aliphatic carbocycles. The molecule has 4 heteroatoms. The van der Waals surface area contributed by atoms with Crippen LogP contribution in [-0.4, -0.2) is 32.8 Å². The van der Waals surface area contributed by atoms with Crippen molar-refractivity contribution in [3.8, 4) is 5.75 Å². The summed E-state index contributed by atoms with van der Waals surface area (Å²) in [7, 11) is 1.48. The van der Waals surface area contributed by atoms with Crippen molar-refractivity contribution in [2.45, 2.75) is 12.5 Å². The maximum absolute atomic E-state index is 13.4. The molecule has 1 aromatic carbocycles. The van der Waals surface area contributed by atoms with Gasteiger partial charge in [0.2, 0.25) is 0 Å². The highest BCUT2D eigenvalue weighted by molar-refractivity contribution is 5.29. The minimum atomic E-state index is -0.288. The first kappa shape index (κ1) is 11.4. The van der Waals surface area contributed by atoms with Crippen LogP contribution < -0.4 is 15.4 Å². The first-order valence-corrected chi connectivity index (χ1v) is 5.56. The monoisotopic (exact) mass is 224 g/mol. The average molecular weight is 224 g/mol. The predicted octanol–water partition coefficient (Wildman–Crippen LogP) is 0.938. The van der Waals surface area contributed by atoms with E-state index in [9.17, 15) is 4.39 Å². The first-order valence-electron chi connectivity index (χ1n) is 5.56. The normalized spacial score (nSPS) is 20.8. The average Bonchev–Trinajstić information content (AvgIpc) is 2.31. The maximum atomic E-state index is 13.4. The minimum Gasteiger partial charge on any atom is -0.494 e. The second-order valence-corrected chi connectivity index (χ2v) is 4.03. The molecule has 1 atom stereocenters. The van der Waals surface area contributed by atoms with Gasteiger partial charge in [0.25, 0.3) is 0 Å². The van der Waals surface area contributed by atoms with Crippen LogP contribution in [0.15, 0.2) is 18.2 Å². The van der Waals surface area contributed by atoms with Crippen LogP contribution in [0.5, 0.6) is 5.75 Å². The zero-order valence-electron chi connectivity index (χ0n) is 9.42. The van der Waals surface area contributed by atoms with Gasteiger partial charge in [-0.15, -0.1) is 0 Å². The number of benzene rings is 1. The Labute approximate surface area is 95.0 Å². The molecule has 1 aliphatic heterocycles. The first-order chi connectivity index (χ1) is 7.79. The largest absolute Gasteiger partial charge is 0.494 e. The van der Waals surface area contributed by atoms with E-state index in [1.165, 1.54) is 7.11 Å². The zero-order valence-corrected chi connectivity index (χ0v) is 9.42. The van der Waals surface area contributed by atoms with Crippen molar-refractivity contribution in [2.75, 3.05) is 26.7 Å². The number of hydrogen-bond donors (Lipinski definition) is 2. The molecule has 0 spiro atoms. The molecular weight excluding hydrogens is 207 g/mol. The number of hydrogen-bond acceptors (Lipinski definition) is 3. The standard InChI is InChI=1S/C12H17FN2O/c1-16-12-3-2-9(7-11(12)13)6-10-8-14-4-5-15-10/h2-3,7,10,14-15H,4-6,8H2,1H3/t10-/m1/s1. The van der Waals surface area contributed by atoms with Crippen molar-refractivity contribution < 1.29 is 9.13 Å². The molecule has 0 bridgehead atoms. The molecular formula is C12H17FN2O. The van der Waals surface area contributed by atoms with Gasteiger partial charge in [0.1, 0.15) is 0 Å². The van der Waals surface area contributed by atoms with Gasteiger partial charge in [-0.2, -0.15) is 0 Å². The van der Waals surface area contributed by atoms with Gasteiger partial charge in [0.15, 0.2) is 11.6 Å². The summed E-state index contributed by atoms with van der Waals surface area (Å²) < 4.78 is 18.3. The van der Waals surface area contributed by atoms with Crippen molar-refractivity contribution in [3.05, 3.63) is 29.6 Å². The lowest BCUT2D eigenvalue weighted by Crippen LogP contribution is -2.49. The lowest BCUT2D eigenvalue weighted by Gasteiger charge is -2.24. The third-order valence-electron chi connectivity index (χ3n) is 2.82. The molecule has 0 amide bonds. The number of piperazine rings is 1. The summed E-state index contributed by atoms with van der Waals surface area (Å²) in [6, 6.07) is 5.54. The van der Waals surface area contributed by atoms with Crippen molar-refractivity contribution >= 4 is 0 Å². The van der Waals surface area contributed by atoms with Gasteiger partial charge in [0, 0.05) is 25.7 Å². The second-order valence-electron chi connectivity index (χ2n) is 4.03. The maximum Gasteiger partial charge on any atom is 0.165 e. The van der Waals surface area contributed by atoms with Crippen LogP contribution in [0.2, 0.25) is 0 Å². The summed E-state index contributed by atoms with van der Waals surface area (Å²) >= 11 is 0. The van der Waals surface area contributed by atoms with Crippen LogP contribution in [-0.2, 0) is 6.42 Å². The fourth-order valence-electron chi connectivity index (χ4n) is 1.98. The van der Waals surface area contributed by atoms with Gasteiger partial charge in [0.05, 0.1) is 7.11 Å². The second kappa shape index (κ2) is 5.27. The van der Waals surface area contributed by atoms with E-state index in [1.54, 1.807) is 12.1 Å². The van der Waals surface area contributed by atoms with Gasteiger partial charge in [-0.3, -0.25) is 0 Å². The van der Waals surface area contributed by atoms with Gasteiger partial charge in [-0.25, -0.2) is 4.39 Å². The van der Waals surface area contributed by atoms with E-state index in [4.69, 9.17) is 4.74 Å². The number of nitrogens with one attached hydrogen (secondary N) is 2. The molecule has 0 saturated carbocycles. The summed E-state index contributed by atoms with van der Waals surface area (Å²) in [4.78, 5) is 0. The fraction of sp³-hybridized carbons (Fsp3) is 0.500. The molecule has 2 N–H and O–H groups in total. The Hall–Kier alpha value is -1.13. The number of halogens is 1. The Morgan fingerprint density at radius 2 is 2.31 bits per heavy atom. The predicted molar refractivity (Wildman–Crippen MR) is 61.3 cm³/mol. The molecule has 0 unspecified atom stereocenters. The van der Waals surface area contributed by atoms with Crippen molar-refractivity contribution in [1.29, 1.82) is 0 Å². The Morgan fingerprint density at radius 3 is 2.94 bits per heavy atom. The molecule has 0 aromatic heterocycles. The van der Waals surface area contributed by atoms with E-state index in [-0.39, 0.29) is 5.82 Å². The topological polar surface area (TPSA) is 33.3 Å². The highest BCUT2D eigenvalue weighted by atomic mass is 19.1. The Bertz CT molecular complexity index is 351. The van der Waals surface area contributed by atoms with E-state index < -0.39 is 0 Å². The lowest BCUT2D eigenvalue weighted by molar-refractivity contribution is 0.385. The van der Waals surface area contributed by atoms with Crippen LogP contribution in [0, 0.1) is 5.82 Å². The molecule has 1 saturated heterocycles. The van der Waals surface area contributed by atoms with E-state index in [0.29, 0.717) is 11.8 Å². The zero-order chi connectivity index (χ0) is 11.4. The van der Waals surface area contributed by atoms with E-state index in [1.807, 2.05) is 6.07 Å². The molecule has 3 nitrogen and oxygen atoms in total. The van der Waals surface area contributed by atoms with E-state index in [0.717, 1.165) is 31.6 Å². The van der Waals surface area contributed by atoms with Gasteiger partial charge >= 0.3 is 0 Å². The molecule has 1 aliphatic rings. The quantitative estimate of drug-likeness (QED) is 0.801. The number of ether oxygens (including phenoxy) is 1. The fourth-order valence-corrected chi connectivity index (χ4v) is 1.98. The van der Waals surface area contributed by atoms with E-state index in [2.05, 4.69) is 10.6 Å². The summed E-state index contributed by atoms with van der Waals surface area (Å²) in [6.07, 6.45) is 0.841. The van der Waals surface area contributed by atoms with Gasteiger partial charge in [-0.05, 0) is 24.1 Å². The van der Waals surface area contributed by atoms with Crippen molar-refractivity contribution in [3.63, 3.8) is 0 Å². The molecule has 0 radical (unpaired) electrons. The van der Waals surface area contributed by atoms with Crippen LogP contribution in [0.3, 0.4) is 0 Å². The lowest BCUT2D eigenvalue weighted by atomic mass is 10.0. The summed E-state index contributed by atoms with van der Waals surface area (Å²) in [5.74, 6) is 0.0160.